The quantitative estimate of drug-likeness (QED) is 0.571. The first-order chi connectivity index (χ1) is 8.93. The molecule has 1 saturated heterocycles. The number of carbonyl (C=O) groups is 1. The normalized spacial score (nSPS) is 29.3. The summed E-state index contributed by atoms with van der Waals surface area (Å²) >= 11 is 0. The number of likely N-dealkylation sites (N-methyl/N-ethyl adjacent to an activating group) is 2. The molecule has 0 N–H and O–H groups in total. The van der Waals surface area contributed by atoms with Gasteiger partial charge in [-0.25, -0.2) is 0 Å². The SMILES string of the molecule is CC(=O)Oc1ccc2c(c1)[C@@]1(C)CCN(C)[C@H]1N2C. The lowest BCUT2D eigenvalue weighted by molar-refractivity contribution is -0.131. The molecule has 1 aromatic carbocycles. The Morgan fingerprint density at radius 1 is 1.42 bits per heavy atom. The second-order valence-corrected chi connectivity index (χ2v) is 5.91. The van der Waals surface area contributed by atoms with Gasteiger partial charge in [0, 0.05) is 31.6 Å². The van der Waals surface area contributed by atoms with Crippen LogP contribution in [0.25, 0.3) is 0 Å². The van der Waals surface area contributed by atoms with Crippen LogP contribution in [0.5, 0.6) is 5.75 Å². The molecule has 19 heavy (non-hydrogen) atoms. The number of fused-ring (bicyclic) bond motifs is 3. The summed E-state index contributed by atoms with van der Waals surface area (Å²) in [7, 11) is 4.31. The minimum Gasteiger partial charge on any atom is -0.427 e. The van der Waals surface area contributed by atoms with Crippen LogP contribution in [0.15, 0.2) is 18.2 Å². The van der Waals surface area contributed by atoms with Gasteiger partial charge in [-0.15, -0.1) is 0 Å². The van der Waals surface area contributed by atoms with E-state index < -0.39 is 0 Å². The molecule has 1 aromatic rings. The topological polar surface area (TPSA) is 32.8 Å². The van der Waals surface area contributed by atoms with Gasteiger partial charge in [0.1, 0.15) is 5.75 Å². The number of benzene rings is 1. The Kier molecular flexibility index (Phi) is 2.61. The van der Waals surface area contributed by atoms with Crippen LogP contribution in [0, 0.1) is 0 Å². The Balaban J connectivity index is 2.06. The van der Waals surface area contributed by atoms with Gasteiger partial charge < -0.3 is 9.64 Å². The third-order valence-corrected chi connectivity index (χ3v) is 4.56. The van der Waals surface area contributed by atoms with E-state index in [1.165, 1.54) is 18.2 Å². The summed E-state index contributed by atoms with van der Waals surface area (Å²) in [6, 6.07) is 5.97. The molecule has 0 aromatic heterocycles. The zero-order valence-electron chi connectivity index (χ0n) is 11.9. The summed E-state index contributed by atoms with van der Waals surface area (Å²) in [5.41, 5.74) is 2.66. The standard InChI is InChI=1S/C15H20N2O2/c1-10(18)19-11-5-6-13-12(9-11)15(2)7-8-16(3)14(15)17(13)4/h5-6,9,14H,7-8H2,1-4H3/t14-,15+/m0/s1. The molecular formula is C15H20N2O2. The van der Waals surface area contributed by atoms with Crippen molar-refractivity contribution in [3.8, 4) is 5.75 Å². The number of rotatable bonds is 1. The van der Waals surface area contributed by atoms with E-state index in [-0.39, 0.29) is 11.4 Å². The van der Waals surface area contributed by atoms with Gasteiger partial charge in [0.25, 0.3) is 0 Å². The predicted octanol–water partition coefficient (Wildman–Crippen LogP) is 1.98. The van der Waals surface area contributed by atoms with Crippen LogP contribution < -0.4 is 9.64 Å². The first-order valence-electron chi connectivity index (χ1n) is 6.69. The van der Waals surface area contributed by atoms with Crippen molar-refractivity contribution in [3.05, 3.63) is 23.8 Å². The van der Waals surface area contributed by atoms with Crippen molar-refractivity contribution in [2.45, 2.75) is 31.8 Å². The fourth-order valence-electron chi connectivity index (χ4n) is 3.78. The lowest BCUT2D eigenvalue weighted by atomic mass is 9.81. The number of esters is 1. The Morgan fingerprint density at radius 2 is 2.16 bits per heavy atom. The highest BCUT2D eigenvalue weighted by molar-refractivity contribution is 5.71. The van der Waals surface area contributed by atoms with Crippen LogP contribution >= 0.6 is 0 Å². The van der Waals surface area contributed by atoms with E-state index >= 15 is 0 Å². The van der Waals surface area contributed by atoms with Crippen LogP contribution in [-0.2, 0) is 10.2 Å². The molecule has 2 atom stereocenters. The van der Waals surface area contributed by atoms with E-state index in [9.17, 15) is 4.79 Å². The lowest BCUT2D eigenvalue weighted by Gasteiger charge is -2.32. The van der Waals surface area contributed by atoms with Gasteiger partial charge in [-0.1, -0.05) is 6.92 Å². The molecule has 1 fully saturated rings. The maximum absolute atomic E-state index is 11.1. The highest BCUT2D eigenvalue weighted by Crippen LogP contribution is 2.51. The molecule has 4 nitrogen and oxygen atoms in total. The van der Waals surface area contributed by atoms with Crippen molar-refractivity contribution in [1.29, 1.82) is 0 Å². The molecule has 0 unspecified atom stereocenters. The zero-order valence-corrected chi connectivity index (χ0v) is 11.9. The predicted molar refractivity (Wildman–Crippen MR) is 74.5 cm³/mol. The summed E-state index contributed by atoms with van der Waals surface area (Å²) in [6.07, 6.45) is 1.53. The number of anilines is 1. The Bertz CT molecular complexity index is 543. The lowest BCUT2D eigenvalue weighted by Crippen LogP contribution is -2.45. The van der Waals surface area contributed by atoms with Crippen LogP contribution in [-0.4, -0.2) is 37.7 Å². The first kappa shape index (κ1) is 12.5. The summed E-state index contributed by atoms with van der Waals surface area (Å²) in [4.78, 5) is 15.8. The molecular weight excluding hydrogens is 240 g/mol. The van der Waals surface area contributed by atoms with Gasteiger partial charge in [0.15, 0.2) is 0 Å². The highest BCUT2D eigenvalue weighted by atomic mass is 16.5. The summed E-state index contributed by atoms with van der Waals surface area (Å²) < 4.78 is 5.22. The second-order valence-electron chi connectivity index (χ2n) is 5.91. The van der Waals surface area contributed by atoms with E-state index in [0.29, 0.717) is 11.9 Å². The third-order valence-electron chi connectivity index (χ3n) is 4.56. The van der Waals surface area contributed by atoms with Crippen molar-refractivity contribution < 1.29 is 9.53 Å². The number of hydrogen-bond acceptors (Lipinski definition) is 4. The maximum atomic E-state index is 11.1. The minimum absolute atomic E-state index is 0.120. The molecule has 0 bridgehead atoms. The molecule has 2 aliphatic heterocycles. The van der Waals surface area contributed by atoms with Crippen LogP contribution in [0.3, 0.4) is 0 Å². The Labute approximate surface area is 113 Å². The number of hydrogen-bond donors (Lipinski definition) is 0. The average Bonchev–Trinajstić information content (AvgIpc) is 2.75. The van der Waals surface area contributed by atoms with Crippen molar-refractivity contribution >= 4 is 11.7 Å². The van der Waals surface area contributed by atoms with Crippen LogP contribution in [0.1, 0.15) is 25.8 Å². The molecule has 0 amide bonds. The van der Waals surface area contributed by atoms with Gasteiger partial charge >= 0.3 is 5.97 Å². The van der Waals surface area contributed by atoms with Crippen LogP contribution in [0.2, 0.25) is 0 Å². The smallest absolute Gasteiger partial charge is 0.308 e. The molecule has 2 heterocycles. The fraction of sp³-hybridized carbons (Fsp3) is 0.533. The average molecular weight is 260 g/mol. The van der Waals surface area contributed by atoms with Gasteiger partial charge in [0.2, 0.25) is 0 Å². The van der Waals surface area contributed by atoms with Crippen LogP contribution in [0.4, 0.5) is 5.69 Å². The first-order valence-corrected chi connectivity index (χ1v) is 6.69. The molecule has 4 heteroatoms. The largest absolute Gasteiger partial charge is 0.427 e. The molecule has 102 valence electrons. The van der Waals surface area contributed by atoms with Gasteiger partial charge in [-0.3, -0.25) is 9.69 Å². The van der Waals surface area contributed by atoms with Crippen molar-refractivity contribution in [2.75, 3.05) is 25.5 Å². The van der Waals surface area contributed by atoms with E-state index in [4.69, 9.17) is 4.74 Å². The third kappa shape index (κ3) is 1.66. The van der Waals surface area contributed by atoms with E-state index in [1.807, 2.05) is 12.1 Å². The monoisotopic (exact) mass is 260 g/mol. The zero-order chi connectivity index (χ0) is 13.8. The van der Waals surface area contributed by atoms with E-state index in [2.05, 4.69) is 36.9 Å². The van der Waals surface area contributed by atoms with E-state index in [0.717, 1.165) is 13.0 Å². The second kappa shape index (κ2) is 3.97. The molecule has 2 aliphatic rings. The van der Waals surface area contributed by atoms with Crippen molar-refractivity contribution in [3.63, 3.8) is 0 Å². The molecule has 0 spiro atoms. The number of carbonyl (C=O) groups excluding carboxylic acids is 1. The van der Waals surface area contributed by atoms with Gasteiger partial charge in [-0.05, 0) is 37.2 Å². The summed E-state index contributed by atoms with van der Waals surface area (Å²) in [6.45, 7) is 4.84. The number of nitrogens with zero attached hydrogens (tertiary/aromatic N) is 2. The summed E-state index contributed by atoms with van der Waals surface area (Å²) in [5, 5.41) is 0. The highest BCUT2D eigenvalue weighted by Gasteiger charge is 2.52. The van der Waals surface area contributed by atoms with E-state index in [1.54, 1.807) is 0 Å². The Hall–Kier alpha value is -1.55. The molecule has 0 saturated carbocycles. The van der Waals surface area contributed by atoms with Crippen molar-refractivity contribution in [2.24, 2.45) is 0 Å². The van der Waals surface area contributed by atoms with Crippen molar-refractivity contribution in [1.82, 2.24) is 4.90 Å². The maximum Gasteiger partial charge on any atom is 0.308 e. The Morgan fingerprint density at radius 3 is 2.84 bits per heavy atom. The number of ether oxygens (including phenoxy) is 1. The molecule has 0 radical (unpaired) electrons. The molecule has 3 rings (SSSR count). The summed E-state index contributed by atoms with van der Waals surface area (Å²) in [5.74, 6) is 0.382. The minimum atomic E-state index is -0.267. The molecule has 0 aliphatic carbocycles. The van der Waals surface area contributed by atoms with Gasteiger partial charge in [-0.2, -0.15) is 0 Å². The number of likely N-dealkylation sites (tertiary alicyclic amines) is 1. The van der Waals surface area contributed by atoms with Gasteiger partial charge in [0.05, 0.1) is 6.17 Å². The fourth-order valence-corrected chi connectivity index (χ4v) is 3.78.